The summed E-state index contributed by atoms with van der Waals surface area (Å²) in [5, 5.41) is 4.30. The van der Waals surface area contributed by atoms with E-state index in [1.165, 1.54) is 0 Å². The van der Waals surface area contributed by atoms with Crippen molar-refractivity contribution < 1.29 is 18.0 Å². The van der Waals surface area contributed by atoms with E-state index in [4.69, 9.17) is 0 Å². The quantitative estimate of drug-likeness (QED) is 0.867. The largest absolute Gasteiger partial charge is 0.405 e. The van der Waals surface area contributed by atoms with Gasteiger partial charge in [-0.1, -0.05) is 32.0 Å². The number of carbonyl (C=O) groups is 1. The third-order valence-corrected chi connectivity index (χ3v) is 2.69. The zero-order valence-electron chi connectivity index (χ0n) is 10.9. The highest BCUT2D eigenvalue weighted by atomic mass is 19.4. The molecule has 2 amide bonds. The maximum Gasteiger partial charge on any atom is 0.405 e. The lowest BCUT2D eigenvalue weighted by molar-refractivity contribution is -0.122. The van der Waals surface area contributed by atoms with E-state index in [9.17, 15) is 18.0 Å². The second kappa shape index (κ2) is 6.45. The van der Waals surface area contributed by atoms with Gasteiger partial charge < -0.3 is 10.6 Å². The number of nitrogens with one attached hydrogen (secondary N) is 2. The third-order valence-electron chi connectivity index (χ3n) is 2.69. The van der Waals surface area contributed by atoms with Crippen LogP contribution in [-0.4, -0.2) is 18.8 Å². The van der Waals surface area contributed by atoms with Crippen LogP contribution in [0.5, 0.6) is 0 Å². The van der Waals surface area contributed by atoms with Gasteiger partial charge in [0.05, 0.1) is 0 Å². The fourth-order valence-electron chi connectivity index (χ4n) is 1.74. The summed E-state index contributed by atoms with van der Waals surface area (Å²) in [7, 11) is 0. The Morgan fingerprint density at radius 3 is 2.11 bits per heavy atom. The SMILES string of the molecule is CCc1cccc(CC)c1NC(=O)NCC(F)(F)F. The Labute approximate surface area is 110 Å². The lowest BCUT2D eigenvalue weighted by Crippen LogP contribution is -2.37. The molecular formula is C13H17F3N2O. The first-order chi connectivity index (χ1) is 8.87. The van der Waals surface area contributed by atoms with Crippen LogP contribution in [0.1, 0.15) is 25.0 Å². The molecule has 0 radical (unpaired) electrons. The van der Waals surface area contributed by atoms with Gasteiger partial charge in [-0.3, -0.25) is 0 Å². The normalized spacial score (nSPS) is 11.2. The van der Waals surface area contributed by atoms with E-state index in [0.717, 1.165) is 11.1 Å². The molecule has 0 saturated heterocycles. The maximum atomic E-state index is 12.0. The molecule has 0 saturated carbocycles. The molecule has 0 spiro atoms. The summed E-state index contributed by atoms with van der Waals surface area (Å²) in [5.41, 5.74) is 2.41. The van der Waals surface area contributed by atoms with Gasteiger partial charge in [0.2, 0.25) is 0 Å². The van der Waals surface area contributed by atoms with E-state index in [2.05, 4.69) is 5.32 Å². The van der Waals surface area contributed by atoms with E-state index in [1.54, 1.807) is 5.32 Å². The molecule has 0 aromatic heterocycles. The van der Waals surface area contributed by atoms with Crippen LogP contribution in [0.4, 0.5) is 23.7 Å². The van der Waals surface area contributed by atoms with Gasteiger partial charge in [0.1, 0.15) is 6.54 Å². The summed E-state index contributed by atoms with van der Waals surface area (Å²) < 4.78 is 36.0. The summed E-state index contributed by atoms with van der Waals surface area (Å²) >= 11 is 0. The number of hydrogen-bond acceptors (Lipinski definition) is 1. The Bertz CT molecular complexity index is 422. The van der Waals surface area contributed by atoms with Crippen molar-refractivity contribution in [3.05, 3.63) is 29.3 Å². The fourth-order valence-corrected chi connectivity index (χ4v) is 1.74. The Kier molecular flexibility index (Phi) is 5.20. The van der Waals surface area contributed by atoms with E-state index in [0.29, 0.717) is 18.5 Å². The van der Waals surface area contributed by atoms with Crippen LogP contribution in [0, 0.1) is 0 Å². The van der Waals surface area contributed by atoms with Crippen molar-refractivity contribution in [2.24, 2.45) is 0 Å². The average Bonchev–Trinajstić information content (AvgIpc) is 2.35. The van der Waals surface area contributed by atoms with Crippen LogP contribution in [0.2, 0.25) is 0 Å². The van der Waals surface area contributed by atoms with Crippen LogP contribution in [0.3, 0.4) is 0 Å². The lowest BCUT2D eigenvalue weighted by atomic mass is 10.0. The maximum absolute atomic E-state index is 12.0. The van der Waals surface area contributed by atoms with Crippen molar-refractivity contribution in [2.75, 3.05) is 11.9 Å². The fraction of sp³-hybridized carbons (Fsp3) is 0.462. The predicted octanol–water partition coefficient (Wildman–Crippen LogP) is 3.50. The van der Waals surface area contributed by atoms with Gasteiger partial charge in [-0.05, 0) is 24.0 Å². The Balaban J connectivity index is 2.78. The Morgan fingerprint density at radius 2 is 1.68 bits per heavy atom. The molecule has 6 heteroatoms. The number of hydrogen-bond donors (Lipinski definition) is 2. The molecule has 0 aliphatic rings. The van der Waals surface area contributed by atoms with Crippen LogP contribution >= 0.6 is 0 Å². The second-order valence-electron chi connectivity index (χ2n) is 4.08. The summed E-state index contributed by atoms with van der Waals surface area (Å²) in [6, 6.07) is 4.72. The zero-order chi connectivity index (χ0) is 14.5. The van der Waals surface area contributed by atoms with Crippen LogP contribution in [0.15, 0.2) is 18.2 Å². The molecule has 1 rings (SSSR count). The first kappa shape index (κ1) is 15.3. The number of benzene rings is 1. The first-order valence-corrected chi connectivity index (χ1v) is 6.09. The van der Waals surface area contributed by atoms with Gasteiger partial charge in [0.25, 0.3) is 0 Å². The molecular weight excluding hydrogens is 257 g/mol. The molecule has 0 atom stereocenters. The molecule has 0 aliphatic carbocycles. The minimum Gasteiger partial charge on any atom is -0.329 e. The molecule has 0 bridgehead atoms. The Morgan fingerprint density at radius 1 is 1.16 bits per heavy atom. The number of carbonyl (C=O) groups excluding carboxylic acids is 1. The predicted molar refractivity (Wildman–Crippen MR) is 68.3 cm³/mol. The van der Waals surface area contributed by atoms with Crippen molar-refractivity contribution >= 4 is 11.7 Å². The summed E-state index contributed by atoms with van der Waals surface area (Å²) in [6.45, 7) is 2.51. The molecule has 0 heterocycles. The van der Waals surface area contributed by atoms with Crippen molar-refractivity contribution in [1.29, 1.82) is 0 Å². The Hall–Kier alpha value is -1.72. The number of alkyl halides is 3. The smallest absolute Gasteiger partial charge is 0.329 e. The van der Waals surface area contributed by atoms with Gasteiger partial charge >= 0.3 is 12.2 Å². The highest BCUT2D eigenvalue weighted by Gasteiger charge is 2.27. The van der Waals surface area contributed by atoms with Crippen molar-refractivity contribution in [3.8, 4) is 0 Å². The minimum atomic E-state index is -4.41. The monoisotopic (exact) mass is 274 g/mol. The zero-order valence-corrected chi connectivity index (χ0v) is 10.9. The highest BCUT2D eigenvalue weighted by molar-refractivity contribution is 5.91. The molecule has 3 nitrogen and oxygen atoms in total. The summed E-state index contributed by atoms with van der Waals surface area (Å²) in [6.07, 6.45) is -3.01. The molecule has 0 unspecified atom stereocenters. The molecule has 19 heavy (non-hydrogen) atoms. The van der Waals surface area contributed by atoms with Crippen molar-refractivity contribution in [1.82, 2.24) is 5.32 Å². The van der Waals surface area contributed by atoms with Crippen molar-refractivity contribution in [3.63, 3.8) is 0 Å². The molecule has 1 aromatic rings. The standard InChI is InChI=1S/C13H17F3N2O/c1-3-9-6-5-7-10(4-2)11(9)18-12(19)17-8-13(14,15)16/h5-7H,3-4,8H2,1-2H3,(H2,17,18,19). The number of rotatable bonds is 4. The number of halogens is 3. The van der Waals surface area contributed by atoms with Crippen LogP contribution in [0.25, 0.3) is 0 Å². The third kappa shape index (κ3) is 4.81. The second-order valence-corrected chi connectivity index (χ2v) is 4.08. The van der Waals surface area contributed by atoms with E-state index in [1.807, 2.05) is 32.0 Å². The topological polar surface area (TPSA) is 41.1 Å². The van der Waals surface area contributed by atoms with Gasteiger partial charge in [0.15, 0.2) is 0 Å². The summed E-state index contributed by atoms with van der Waals surface area (Å²) in [4.78, 5) is 11.5. The lowest BCUT2D eigenvalue weighted by Gasteiger charge is -2.15. The van der Waals surface area contributed by atoms with E-state index < -0.39 is 18.8 Å². The number of para-hydroxylation sites is 1. The number of amides is 2. The highest BCUT2D eigenvalue weighted by Crippen LogP contribution is 2.22. The number of urea groups is 1. The van der Waals surface area contributed by atoms with Gasteiger partial charge in [0, 0.05) is 5.69 Å². The summed E-state index contributed by atoms with van der Waals surface area (Å²) in [5.74, 6) is 0. The van der Waals surface area contributed by atoms with Gasteiger partial charge in [-0.25, -0.2) is 4.79 Å². The number of aryl methyl sites for hydroxylation is 2. The first-order valence-electron chi connectivity index (χ1n) is 6.09. The van der Waals surface area contributed by atoms with Crippen LogP contribution in [-0.2, 0) is 12.8 Å². The van der Waals surface area contributed by atoms with Gasteiger partial charge in [-0.2, -0.15) is 13.2 Å². The molecule has 1 aromatic carbocycles. The molecule has 0 fully saturated rings. The average molecular weight is 274 g/mol. The van der Waals surface area contributed by atoms with Gasteiger partial charge in [-0.15, -0.1) is 0 Å². The van der Waals surface area contributed by atoms with E-state index >= 15 is 0 Å². The molecule has 2 N–H and O–H groups in total. The van der Waals surface area contributed by atoms with E-state index in [-0.39, 0.29) is 0 Å². The number of anilines is 1. The molecule has 0 aliphatic heterocycles. The minimum absolute atomic E-state index is 0.604. The van der Waals surface area contributed by atoms with Crippen LogP contribution < -0.4 is 10.6 Å². The molecule has 106 valence electrons. The van der Waals surface area contributed by atoms with Crippen molar-refractivity contribution in [2.45, 2.75) is 32.9 Å².